The third-order valence-corrected chi connectivity index (χ3v) is 2.09. The van der Waals surface area contributed by atoms with Gasteiger partial charge in [0.05, 0.1) is 6.61 Å². The molecule has 0 spiro atoms. The van der Waals surface area contributed by atoms with Gasteiger partial charge >= 0.3 is 0 Å². The molecule has 3 heteroatoms. The molecule has 1 radical (unpaired) electrons. The van der Waals surface area contributed by atoms with Crippen LogP contribution in [0.15, 0.2) is 22.7 Å². The Kier molecular flexibility index (Phi) is 3.37. The summed E-state index contributed by atoms with van der Waals surface area (Å²) in [6.07, 6.45) is 1.66. The van der Waals surface area contributed by atoms with Crippen LogP contribution in [0.1, 0.15) is 5.56 Å². The summed E-state index contributed by atoms with van der Waals surface area (Å²) in [7, 11) is 0. The molecule has 0 aliphatic rings. The largest absolute Gasteiger partial charge is 0.396 e. The zero-order valence-electron chi connectivity index (χ0n) is 5.72. The summed E-state index contributed by atoms with van der Waals surface area (Å²) in [6, 6.07) is 5.53. The Labute approximate surface area is 79.1 Å². The Bertz CT molecular complexity index is 250. The molecule has 0 saturated heterocycles. The number of benzene rings is 1. The molecule has 59 valence electrons. The van der Waals surface area contributed by atoms with Gasteiger partial charge in [-0.2, -0.15) is 0 Å². The maximum atomic E-state index is 8.59. The molecule has 1 rings (SSSR count). The van der Waals surface area contributed by atoms with Crippen LogP contribution in [0.2, 0.25) is 5.02 Å². The van der Waals surface area contributed by atoms with Crippen LogP contribution >= 0.6 is 27.5 Å². The summed E-state index contributed by atoms with van der Waals surface area (Å²) in [5.41, 5.74) is 0.859. The number of rotatable bonds is 2. The van der Waals surface area contributed by atoms with Crippen LogP contribution in [-0.4, -0.2) is 11.7 Å². The Morgan fingerprint density at radius 3 is 2.82 bits per heavy atom. The van der Waals surface area contributed by atoms with E-state index in [1.165, 1.54) is 0 Å². The lowest BCUT2D eigenvalue weighted by Crippen LogP contribution is -1.87. The predicted octanol–water partition coefficient (Wildman–Crippen LogP) is 2.65. The minimum absolute atomic E-state index is 0.0152. The highest BCUT2D eigenvalue weighted by Gasteiger charge is 1.99. The molecule has 0 aliphatic carbocycles. The molecule has 0 bridgehead atoms. The van der Waals surface area contributed by atoms with Crippen molar-refractivity contribution < 1.29 is 5.11 Å². The number of aliphatic hydroxyl groups excluding tert-OH is 1. The lowest BCUT2D eigenvalue weighted by Gasteiger charge is -2.00. The normalized spacial score (nSPS) is 10.1. The first-order chi connectivity index (χ1) is 5.24. The molecular weight excluding hydrogens is 227 g/mol. The molecule has 11 heavy (non-hydrogen) atoms. The van der Waals surface area contributed by atoms with Gasteiger partial charge in [-0.25, -0.2) is 0 Å². The third kappa shape index (κ3) is 2.47. The second kappa shape index (κ2) is 4.10. The van der Waals surface area contributed by atoms with Crippen LogP contribution in [0.3, 0.4) is 0 Å². The highest BCUT2D eigenvalue weighted by Crippen LogP contribution is 2.22. The van der Waals surface area contributed by atoms with Crippen LogP contribution < -0.4 is 0 Å². The number of halogens is 2. The van der Waals surface area contributed by atoms with Gasteiger partial charge in [0.2, 0.25) is 0 Å². The summed E-state index contributed by atoms with van der Waals surface area (Å²) in [5, 5.41) is 9.23. The van der Waals surface area contributed by atoms with Crippen molar-refractivity contribution in [2.24, 2.45) is 0 Å². The molecule has 0 amide bonds. The molecule has 1 nitrogen and oxygen atoms in total. The second-order valence-corrected chi connectivity index (χ2v) is 3.38. The van der Waals surface area contributed by atoms with Crippen molar-refractivity contribution in [2.45, 2.75) is 0 Å². The molecule has 1 aromatic carbocycles. The van der Waals surface area contributed by atoms with Crippen molar-refractivity contribution in [3.8, 4) is 0 Å². The highest BCUT2D eigenvalue weighted by molar-refractivity contribution is 9.10. The van der Waals surface area contributed by atoms with E-state index >= 15 is 0 Å². The topological polar surface area (TPSA) is 20.2 Å². The molecule has 0 saturated carbocycles. The zero-order chi connectivity index (χ0) is 8.27. The first kappa shape index (κ1) is 9.04. The number of hydrogen-bond acceptors (Lipinski definition) is 1. The van der Waals surface area contributed by atoms with Gasteiger partial charge in [0.25, 0.3) is 0 Å². The Morgan fingerprint density at radius 2 is 2.27 bits per heavy atom. The highest BCUT2D eigenvalue weighted by atomic mass is 79.9. The third-order valence-electron chi connectivity index (χ3n) is 1.27. The maximum absolute atomic E-state index is 8.59. The van der Waals surface area contributed by atoms with E-state index in [4.69, 9.17) is 16.7 Å². The zero-order valence-corrected chi connectivity index (χ0v) is 8.06. The van der Waals surface area contributed by atoms with E-state index in [2.05, 4.69) is 15.9 Å². The maximum Gasteiger partial charge on any atom is 0.0507 e. The molecule has 0 atom stereocenters. The van der Waals surface area contributed by atoms with Crippen molar-refractivity contribution in [1.82, 2.24) is 0 Å². The first-order valence-electron chi connectivity index (χ1n) is 3.13. The van der Waals surface area contributed by atoms with Gasteiger partial charge in [0.15, 0.2) is 0 Å². The summed E-state index contributed by atoms with van der Waals surface area (Å²) in [6.45, 7) is 0.0152. The van der Waals surface area contributed by atoms with Gasteiger partial charge in [0, 0.05) is 15.9 Å². The first-order valence-corrected chi connectivity index (χ1v) is 4.30. The fraction of sp³-hybridized carbons (Fsp3) is 0.125. The smallest absolute Gasteiger partial charge is 0.0507 e. The predicted molar refractivity (Wildman–Crippen MR) is 49.6 cm³/mol. The molecule has 1 N–H and O–H groups in total. The summed E-state index contributed by atoms with van der Waals surface area (Å²) < 4.78 is 0.942. The van der Waals surface area contributed by atoms with Crippen molar-refractivity contribution in [3.63, 3.8) is 0 Å². The van der Waals surface area contributed by atoms with Crippen LogP contribution in [-0.2, 0) is 0 Å². The van der Waals surface area contributed by atoms with Crippen molar-refractivity contribution in [2.75, 3.05) is 6.61 Å². The Hall–Kier alpha value is -0.0500. The lowest BCUT2D eigenvalue weighted by molar-refractivity contribution is 0.331. The SMILES string of the molecule is OC[CH]c1ccc(Br)cc1Cl. The summed E-state index contributed by atoms with van der Waals surface area (Å²) in [5.74, 6) is 0. The fourth-order valence-electron chi connectivity index (χ4n) is 0.765. The van der Waals surface area contributed by atoms with Gasteiger partial charge < -0.3 is 5.11 Å². The molecule has 0 aliphatic heterocycles. The van der Waals surface area contributed by atoms with E-state index in [1.54, 1.807) is 12.5 Å². The van der Waals surface area contributed by atoms with Gasteiger partial charge in [-0.3, -0.25) is 0 Å². The molecule has 0 heterocycles. The number of aliphatic hydroxyl groups is 1. The van der Waals surface area contributed by atoms with E-state index < -0.39 is 0 Å². The lowest BCUT2D eigenvalue weighted by atomic mass is 10.2. The molecule has 1 aromatic rings. The minimum atomic E-state index is 0.0152. The van der Waals surface area contributed by atoms with Crippen LogP contribution in [0.5, 0.6) is 0 Å². The van der Waals surface area contributed by atoms with Crippen LogP contribution in [0.4, 0.5) is 0 Å². The Morgan fingerprint density at radius 1 is 1.55 bits per heavy atom. The van der Waals surface area contributed by atoms with E-state index in [-0.39, 0.29) is 6.61 Å². The summed E-state index contributed by atoms with van der Waals surface area (Å²) >= 11 is 9.12. The Balaban J connectivity index is 2.90. The monoisotopic (exact) mass is 233 g/mol. The molecule has 0 fully saturated rings. The summed E-state index contributed by atoms with van der Waals surface area (Å²) in [4.78, 5) is 0. The van der Waals surface area contributed by atoms with Crippen LogP contribution in [0, 0.1) is 6.42 Å². The standard InChI is InChI=1S/C8H7BrClO/c9-7-2-1-6(3-4-11)8(10)5-7/h1-3,5,11H,4H2. The quantitative estimate of drug-likeness (QED) is 0.834. The van der Waals surface area contributed by atoms with Gasteiger partial charge in [-0.1, -0.05) is 33.6 Å². The fourth-order valence-corrected chi connectivity index (χ4v) is 1.52. The van der Waals surface area contributed by atoms with Crippen LogP contribution in [0.25, 0.3) is 0 Å². The molecule has 0 aromatic heterocycles. The van der Waals surface area contributed by atoms with E-state index in [1.807, 2.05) is 12.1 Å². The number of hydrogen-bond donors (Lipinski definition) is 1. The minimum Gasteiger partial charge on any atom is -0.396 e. The van der Waals surface area contributed by atoms with E-state index in [0.29, 0.717) is 5.02 Å². The van der Waals surface area contributed by atoms with Gasteiger partial charge in [-0.05, 0) is 17.7 Å². The molecule has 0 unspecified atom stereocenters. The van der Waals surface area contributed by atoms with Crippen molar-refractivity contribution >= 4 is 27.5 Å². The van der Waals surface area contributed by atoms with Gasteiger partial charge in [0.1, 0.15) is 0 Å². The second-order valence-electron chi connectivity index (χ2n) is 2.05. The average molecular weight is 234 g/mol. The average Bonchev–Trinajstić information content (AvgIpc) is 1.95. The van der Waals surface area contributed by atoms with Gasteiger partial charge in [-0.15, -0.1) is 0 Å². The van der Waals surface area contributed by atoms with Crippen molar-refractivity contribution in [1.29, 1.82) is 0 Å². The van der Waals surface area contributed by atoms with E-state index in [0.717, 1.165) is 10.0 Å². The van der Waals surface area contributed by atoms with Crippen molar-refractivity contribution in [3.05, 3.63) is 39.7 Å². The van der Waals surface area contributed by atoms with E-state index in [9.17, 15) is 0 Å². The molecular formula is C8H7BrClO.